The van der Waals surface area contributed by atoms with Gasteiger partial charge in [0.25, 0.3) is 5.69 Å². The summed E-state index contributed by atoms with van der Waals surface area (Å²) in [7, 11) is 0. The molecule has 0 saturated heterocycles. The molecule has 0 amide bonds. The summed E-state index contributed by atoms with van der Waals surface area (Å²) in [6.07, 6.45) is -3.38. The van der Waals surface area contributed by atoms with Gasteiger partial charge in [0.2, 0.25) is 6.08 Å². The van der Waals surface area contributed by atoms with Gasteiger partial charge in [0, 0.05) is 12.1 Å². The second kappa shape index (κ2) is 6.69. The van der Waals surface area contributed by atoms with Crippen molar-refractivity contribution in [3.63, 3.8) is 0 Å². The Hall–Kier alpha value is -2.90. The molecule has 0 aliphatic heterocycles. The number of hydrogen-bond acceptors (Lipinski definition) is 5. The maximum atomic E-state index is 12.6. The largest absolute Gasteiger partial charge is 0.456 e. The fraction of sp³-hybridized carbons (Fsp3) is 0.0714. The molecule has 0 spiro atoms. The van der Waals surface area contributed by atoms with E-state index in [1.165, 1.54) is 12.1 Å². The van der Waals surface area contributed by atoms with Crippen LogP contribution in [-0.4, -0.2) is 11.0 Å². The lowest BCUT2D eigenvalue weighted by atomic mass is 10.2. The minimum absolute atomic E-state index is 0.00346. The predicted molar refractivity (Wildman–Crippen MR) is 77.4 cm³/mol. The molecule has 0 radical (unpaired) electrons. The van der Waals surface area contributed by atoms with E-state index in [4.69, 9.17) is 16.3 Å². The van der Waals surface area contributed by atoms with Crippen LogP contribution in [0.2, 0.25) is 5.02 Å². The van der Waals surface area contributed by atoms with E-state index < -0.39 is 22.4 Å². The molecule has 2 rings (SSSR count). The number of ether oxygens (including phenoxy) is 1. The van der Waals surface area contributed by atoms with Gasteiger partial charge in [-0.1, -0.05) is 11.6 Å². The van der Waals surface area contributed by atoms with Gasteiger partial charge in [0.05, 0.1) is 15.5 Å². The summed E-state index contributed by atoms with van der Waals surface area (Å²) in [5.74, 6) is -0.101. The van der Waals surface area contributed by atoms with Crippen LogP contribution >= 0.6 is 11.6 Å². The Morgan fingerprint density at radius 2 is 1.92 bits per heavy atom. The first-order chi connectivity index (χ1) is 11.2. The van der Waals surface area contributed by atoms with E-state index in [-0.39, 0.29) is 22.2 Å². The van der Waals surface area contributed by atoms with Crippen LogP contribution in [0.25, 0.3) is 0 Å². The average Bonchev–Trinajstić information content (AvgIpc) is 2.48. The minimum atomic E-state index is -4.55. The lowest BCUT2D eigenvalue weighted by molar-refractivity contribution is -0.384. The van der Waals surface area contributed by atoms with Gasteiger partial charge in [0.1, 0.15) is 11.5 Å². The van der Waals surface area contributed by atoms with Crippen molar-refractivity contribution in [3.05, 3.63) is 57.1 Å². The second-order valence-electron chi connectivity index (χ2n) is 4.36. The summed E-state index contributed by atoms with van der Waals surface area (Å²) in [6.45, 7) is 0. The Labute approximate surface area is 137 Å². The number of nitro benzene ring substituents is 1. The Morgan fingerprint density at radius 3 is 2.46 bits per heavy atom. The van der Waals surface area contributed by atoms with Crippen molar-refractivity contribution in [1.29, 1.82) is 0 Å². The SMILES string of the molecule is O=C=Nc1cc(Oc2ccc(C(F)(F)F)cc2Cl)ccc1[N+](=O)[O-]. The number of hydrogen-bond donors (Lipinski definition) is 0. The van der Waals surface area contributed by atoms with E-state index in [0.29, 0.717) is 6.07 Å². The highest BCUT2D eigenvalue weighted by Crippen LogP contribution is 2.38. The first kappa shape index (κ1) is 17.5. The van der Waals surface area contributed by atoms with Crippen LogP contribution in [0.1, 0.15) is 5.56 Å². The number of aliphatic imine (C=N–C) groups is 1. The fourth-order valence-corrected chi connectivity index (χ4v) is 1.97. The normalized spacial score (nSPS) is 10.8. The van der Waals surface area contributed by atoms with Crippen molar-refractivity contribution < 1.29 is 27.6 Å². The standard InChI is InChI=1S/C14H6ClF3N2O4/c15-10-5-8(14(16,17)18)1-4-13(10)24-9-2-3-12(20(22)23)11(6-9)19-7-21/h1-6H. The molecular weight excluding hydrogens is 353 g/mol. The molecule has 2 aromatic carbocycles. The average molecular weight is 359 g/mol. The van der Waals surface area contributed by atoms with Crippen LogP contribution in [0.15, 0.2) is 41.4 Å². The van der Waals surface area contributed by atoms with Crippen LogP contribution in [0.4, 0.5) is 24.5 Å². The first-order valence-corrected chi connectivity index (χ1v) is 6.51. The molecule has 6 nitrogen and oxygen atoms in total. The summed E-state index contributed by atoms with van der Waals surface area (Å²) >= 11 is 5.75. The molecular formula is C14H6ClF3N2O4. The highest BCUT2D eigenvalue weighted by Gasteiger charge is 2.31. The third-order valence-corrected chi connectivity index (χ3v) is 3.09. The van der Waals surface area contributed by atoms with Crippen LogP contribution in [0.5, 0.6) is 11.5 Å². The van der Waals surface area contributed by atoms with Crippen molar-refractivity contribution in [2.75, 3.05) is 0 Å². The molecule has 0 aliphatic rings. The number of alkyl halides is 3. The summed E-state index contributed by atoms with van der Waals surface area (Å²) in [5, 5.41) is 10.5. The molecule has 0 aliphatic carbocycles. The maximum absolute atomic E-state index is 12.6. The molecule has 0 bridgehead atoms. The Balaban J connectivity index is 2.36. The number of benzene rings is 2. The van der Waals surface area contributed by atoms with Gasteiger partial charge in [-0.2, -0.15) is 18.2 Å². The summed E-state index contributed by atoms with van der Waals surface area (Å²) in [5.41, 5.74) is -1.71. The highest BCUT2D eigenvalue weighted by atomic mass is 35.5. The van der Waals surface area contributed by atoms with E-state index in [9.17, 15) is 28.1 Å². The number of nitro groups is 1. The molecule has 0 atom stereocenters. The number of rotatable bonds is 4. The van der Waals surface area contributed by atoms with Crippen molar-refractivity contribution >= 4 is 29.1 Å². The van der Waals surface area contributed by atoms with Crippen LogP contribution in [0, 0.1) is 10.1 Å². The fourth-order valence-electron chi connectivity index (χ4n) is 1.75. The second-order valence-corrected chi connectivity index (χ2v) is 4.76. The van der Waals surface area contributed by atoms with E-state index in [0.717, 1.165) is 24.3 Å². The van der Waals surface area contributed by atoms with Gasteiger partial charge in [-0.25, -0.2) is 4.79 Å². The topological polar surface area (TPSA) is 81.8 Å². The number of halogens is 4. The van der Waals surface area contributed by atoms with E-state index in [2.05, 4.69) is 4.99 Å². The van der Waals surface area contributed by atoms with Gasteiger partial charge < -0.3 is 4.74 Å². The zero-order valence-electron chi connectivity index (χ0n) is 11.5. The Morgan fingerprint density at radius 1 is 1.21 bits per heavy atom. The smallest absolute Gasteiger partial charge is 0.416 e. The molecule has 10 heteroatoms. The number of carbonyl (C=O) groups excluding carboxylic acids is 1. The third kappa shape index (κ3) is 3.89. The van der Waals surface area contributed by atoms with Crippen LogP contribution in [0.3, 0.4) is 0 Å². The van der Waals surface area contributed by atoms with Crippen LogP contribution < -0.4 is 4.74 Å². The molecule has 0 heterocycles. The molecule has 24 heavy (non-hydrogen) atoms. The lowest BCUT2D eigenvalue weighted by Gasteiger charge is -2.11. The zero-order chi connectivity index (χ0) is 17.9. The van der Waals surface area contributed by atoms with Crippen molar-refractivity contribution in [3.8, 4) is 11.5 Å². The zero-order valence-corrected chi connectivity index (χ0v) is 12.3. The Bertz CT molecular complexity index is 848. The monoisotopic (exact) mass is 358 g/mol. The maximum Gasteiger partial charge on any atom is 0.416 e. The lowest BCUT2D eigenvalue weighted by Crippen LogP contribution is -2.04. The van der Waals surface area contributed by atoms with Gasteiger partial charge in [-0.3, -0.25) is 10.1 Å². The van der Waals surface area contributed by atoms with Gasteiger partial charge in [-0.15, -0.1) is 0 Å². The number of isocyanates is 1. The van der Waals surface area contributed by atoms with Crippen molar-refractivity contribution in [2.24, 2.45) is 4.99 Å². The van der Waals surface area contributed by atoms with E-state index in [1.807, 2.05) is 0 Å². The van der Waals surface area contributed by atoms with E-state index >= 15 is 0 Å². The Kier molecular flexibility index (Phi) is 4.87. The summed E-state index contributed by atoms with van der Waals surface area (Å²) < 4.78 is 43.0. The molecule has 0 saturated carbocycles. The van der Waals surface area contributed by atoms with Gasteiger partial charge >= 0.3 is 6.18 Å². The summed E-state index contributed by atoms with van der Waals surface area (Å²) in [6, 6.07) is 5.76. The van der Waals surface area contributed by atoms with Gasteiger partial charge in [-0.05, 0) is 24.3 Å². The third-order valence-electron chi connectivity index (χ3n) is 2.80. The summed E-state index contributed by atoms with van der Waals surface area (Å²) in [4.78, 5) is 23.6. The predicted octanol–water partition coefficient (Wildman–Crippen LogP) is 5.03. The molecule has 0 fully saturated rings. The molecule has 0 unspecified atom stereocenters. The molecule has 124 valence electrons. The van der Waals surface area contributed by atoms with Crippen molar-refractivity contribution in [1.82, 2.24) is 0 Å². The quantitative estimate of drug-likeness (QED) is 0.332. The van der Waals surface area contributed by atoms with Crippen LogP contribution in [-0.2, 0) is 11.0 Å². The first-order valence-electron chi connectivity index (χ1n) is 6.13. The van der Waals surface area contributed by atoms with E-state index in [1.54, 1.807) is 0 Å². The molecule has 0 N–H and O–H groups in total. The highest BCUT2D eigenvalue weighted by molar-refractivity contribution is 6.32. The van der Waals surface area contributed by atoms with Gasteiger partial charge in [0.15, 0.2) is 5.69 Å². The van der Waals surface area contributed by atoms with Crippen molar-refractivity contribution in [2.45, 2.75) is 6.18 Å². The molecule has 2 aromatic rings. The molecule has 0 aromatic heterocycles. The number of nitrogens with zero attached hydrogens (tertiary/aromatic N) is 2. The minimum Gasteiger partial charge on any atom is -0.456 e.